The van der Waals surface area contributed by atoms with E-state index in [0.717, 1.165) is 30.4 Å². The molecule has 3 aliphatic rings. The highest BCUT2D eigenvalue weighted by Crippen LogP contribution is 2.36. The fraction of sp³-hybridized carbons (Fsp3) is 0.550. The van der Waals surface area contributed by atoms with Crippen LogP contribution in [0, 0.1) is 0 Å². The van der Waals surface area contributed by atoms with E-state index in [0.29, 0.717) is 25.7 Å². The first-order chi connectivity index (χ1) is 13.3. The van der Waals surface area contributed by atoms with Crippen molar-refractivity contribution in [2.45, 2.75) is 37.8 Å². The number of aromatic nitrogens is 3. The van der Waals surface area contributed by atoms with Gasteiger partial charge in [0.25, 0.3) is 5.91 Å². The largest absolute Gasteiger partial charge is 0.368 e. The van der Waals surface area contributed by atoms with E-state index in [2.05, 4.69) is 14.5 Å². The third kappa shape index (κ3) is 3.32. The molecule has 2 aromatic heterocycles. The number of amides is 1. The lowest BCUT2D eigenvalue weighted by Crippen LogP contribution is -2.43. The van der Waals surface area contributed by atoms with Gasteiger partial charge in [-0.25, -0.2) is 9.97 Å². The van der Waals surface area contributed by atoms with Gasteiger partial charge in [0.1, 0.15) is 11.8 Å². The number of carbonyl (C=O) groups excluding carboxylic acids is 1. The molecular formula is C20H25N5O2. The number of ether oxygens (including phenoxy) is 1. The maximum Gasteiger partial charge on any atom is 0.270 e. The number of nitrogens with zero attached hydrogens (tertiary/aromatic N) is 5. The quantitative estimate of drug-likeness (QED) is 0.830. The number of anilines is 1. The molecule has 5 rings (SSSR count). The van der Waals surface area contributed by atoms with Crippen LogP contribution in [0.1, 0.15) is 54.0 Å². The van der Waals surface area contributed by atoms with E-state index in [1.165, 1.54) is 25.7 Å². The Morgan fingerprint density at radius 2 is 2.00 bits per heavy atom. The maximum absolute atomic E-state index is 13.1. The number of morpholine rings is 1. The van der Waals surface area contributed by atoms with Crippen LogP contribution in [0.25, 0.3) is 0 Å². The first kappa shape index (κ1) is 16.7. The molecule has 7 nitrogen and oxygen atoms in total. The van der Waals surface area contributed by atoms with Gasteiger partial charge in [0.15, 0.2) is 0 Å². The molecule has 0 bridgehead atoms. The summed E-state index contributed by atoms with van der Waals surface area (Å²) in [6.45, 7) is 3.71. The molecule has 0 aromatic carbocycles. The number of hydrogen-bond acceptors (Lipinski definition) is 5. The van der Waals surface area contributed by atoms with Gasteiger partial charge in [-0.3, -0.25) is 4.79 Å². The molecule has 142 valence electrons. The van der Waals surface area contributed by atoms with Gasteiger partial charge >= 0.3 is 0 Å². The third-order valence-electron chi connectivity index (χ3n) is 5.68. The van der Waals surface area contributed by atoms with Gasteiger partial charge in [-0.2, -0.15) is 0 Å². The van der Waals surface area contributed by atoms with Gasteiger partial charge in [-0.1, -0.05) is 0 Å². The van der Waals surface area contributed by atoms with E-state index in [4.69, 9.17) is 9.72 Å². The van der Waals surface area contributed by atoms with Crippen molar-refractivity contribution >= 4 is 11.9 Å². The maximum atomic E-state index is 13.1. The van der Waals surface area contributed by atoms with Crippen LogP contribution in [0.15, 0.2) is 30.6 Å². The molecule has 2 aliphatic heterocycles. The van der Waals surface area contributed by atoms with Crippen LogP contribution in [0.4, 0.5) is 5.95 Å². The summed E-state index contributed by atoms with van der Waals surface area (Å²) in [5, 5.41) is 0. The Balaban J connectivity index is 1.32. The fourth-order valence-electron chi connectivity index (χ4n) is 4.03. The minimum absolute atomic E-state index is 0.0917. The minimum atomic E-state index is -0.198. The van der Waals surface area contributed by atoms with Crippen molar-refractivity contribution in [1.29, 1.82) is 0 Å². The van der Waals surface area contributed by atoms with Crippen LogP contribution in [-0.4, -0.2) is 58.1 Å². The molecule has 0 radical (unpaired) electrons. The SMILES string of the molecule is O=C(c1cccn1C1CC1)N1CCO[C@H](c2ccnc(N3CCCC3)n2)C1. The lowest BCUT2D eigenvalue weighted by atomic mass is 10.2. The number of hydrogen-bond donors (Lipinski definition) is 0. The summed E-state index contributed by atoms with van der Waals surface area (Å²) < 4.78 is 8.09. The standard InChI is InChI=1S/C20H25N5O2/c26-19(17-4-3-11-25(17)15-5-6-15)24-12-13-27-18(14-24)16-7-8-21-20(22-16)23-9-1-2-10-23/h3-4,7-8,11,15,18H,1-2,5-6,9-10,12-14H2/t18-/m0/s1. The summed E-state index contributed by atoms with van der Waals surface area (Å²) in [6, 6.07) is 6.31. The summed E-state index contributed by atoms with van der Waals surface area (Å²) >= 11 is 0. The van der Waals surface area contributed by atoms with Gasteiger partial charge < -0.3 is 19.1 Å². The summed E-state index contributed by atoms with van der Waals surface area (Å²) in [4.78, 5) is 26.4. The van der Waals surface area contributed by atoms with Crippen molar-refractivity contribution < 1.29 is 9.53 Å². The summed E-state index contributed by atoms with van der Waals surface area (Å²) in [7, 11) is 0. The van der Waals surface area contributed by atoms with Crippen molar-refractivity contribution in [3.8, 4) is 0 Å². The van der Waals surface area contributed by atoms with E-state index in [-0.39, 0.29) is 12.0 Å². The second-order valence-corrected chi connectivity index (χ2v) is 7.62. The Hall–Kier alpha value is -2.41. The van der Waals surface area contributed by atoms with E-state index in [1.807, 2.05) is 29.3 Å². The third-order valence-corrected chi connectivity index (χ3v) is 5.68. The topological polar surface area (TPSA) is 63.5 Å². The molecule has 3 fully saturated rings. The second kappa shape index (κ2) is 6.96. The smallest absolute Gasteiger partial charge is 0.270 e. The van der Waals surface area contributed by atoms with Crippen LogP contribution in [0.5, 0.6) is 0 Å². The monoisotopic (exact) mass is 367 g/mol. The Morgan fingerprint density at radius 3 is 2.81 bits per heavy atom. The second-order valence-electron chi connectivity index (χ2n) is 7.62. The molecule has 1 saturated carbocycles. The fourth-order valence-corrected chi connectivity index (χ4v) is 4.03. The molecule has 0 unspecified atom stereocenters. The highest BCUT2D eigenvalue weighted by Gasteiger charge is 2.32. The Kier molecular flexibility index (Phi) is 4.32. The first-order valence-corrected chi connectivity index (χ1v) is 9.95. The van der Waals surface area contributed by atoms with E-state index in [9.17, 15) is 4.79 Å². The van der Waals surface area contributed by atoms with Crippen LogP contribution in [-0.2, 0) is 4.74 Å². The predicted molar refractivity (Wildman–Crippen MR) is 101 cm³/mol. The zero-order chi connectivity index (χ0) is 18.2. The van der Waals surface area contributed by atoms with Gasteiger partial charge in [0, 0.05) is 38.1 Å². The zero-order valence-electron chi connectivity index (χ0n) is 15.5. The number of carbonyl (C=O) groups is 1. The van der Waals surface area contributed by atoms with Gasteiger partial charge in [0.2, 0.25) is 5.95 Å². The lowest BCUT2D eigenvalue weighted by molar-refractivity contribution is -0.0250. The average molecular weight is 367 g/mol. The highest BCUT2D eigenvalue weighted by atomic mass is 16.5. The van der Waals surface area contributed by atoms with Crippen LogP contribution in [0.3, 0.4) is 0 Å². The molecule has 4 heterocycles. The van der Waals surface area contributed by atoms with Gasteiger partial charge in [-0.05, 0) is 43.9 Å². The molecule has 0 spiro atoms. The van der Waals surface area contributed by atoms with Crippen molar-refractivity contribution in [3.63, 3.8) is 0 Å². The van der Waals surface area contributed by atoms with Crippen LogP contribution < -0.4 is 4.90 Å². The minimum Gasteiger partial charge on any atom is -0.368 e. The molecule has 2 saturated heterocycles. The summed E-state index contributed by atoms with van der Waals surface area (Å²) in [5.41, 5.74) is 1.65. The van der Waals surface area contributed by atoms with Crippen molar-refractivity contribution in [1.82, 2.24) is 19.4 Å². The van der Waals surface area contributed by atoms with Crippen molar-refractivity contribution in [2.24, 2.45) is 0 Å². The Morgan fingerprint density at radius 1 is 1.15 bits per heavy atom. The van der Waals surface area contributed by atoms with Crippen molar-refractivity contribution in [3.05, 3.63) is 42.0 Å². The van der Waals surface area contributed by atoms with E-state index < -0.39 is 0 Å². The molecule has 0 N–H and O–H groups in total. The van der Waals surface area contributed by atoms with Gasteiger partial charge in [0.05, 0.1) is 18.8 Å². The summed E-state index contributed by atoms with van der Waals surface area (Å²) in [5.74, 6) is 0.869. The molecule has 7 heteroatoms. The highest BCUT2D eigenvalue weighted by molar-refractivity contribution is 5.93. The Bertz CT molecular complexity index is 825. The predicted octanol–water partition coefficient (Wildman–Crippen LogP) is 2.43. The molecule has 1 amide bonds. The van der Waals surface area contributed by atoms with Gasteiger partial charge in [-0.15, -0.1) is 0 Å². The average Bonchev–Trinajstić information content (AvgIpc) is 3.21. The van der Waals surface area contributed by atoms with E-state index in [1.54, 1.807) is 6.20 Å². The van der Waals surface area contributed by atoms with Crippen LogP contribution >= 0.6 is 0 Å². The molecular weight excluding hydrogens is 342 g/mol. The van der Waals surface area contributed by atoms with Crippen molar-refractivity contribution in [2.75, 3.05) is 37.7 Å². The zero-order valence-corrected chi connectivity index (χ0v) is 15.5. The van der Waals surface area contributed by atoms with Crippen LogP contribution in [0.2, 0.25) is 0 Å². The Labute approximate surface area is 159 Å². The summed E-state index contributed by atoms with van der Waals surface area (Å²) in [6.07, 6.45) is 8.35. The number of rotatable bonds is 4. The normalized spacial score (nSPS) is 23.0. The molecule has 27 heavy (non-hydrogen) atoms. The molecule has 1 atom stereocenters. The molecule has 1 aliphatic carbocycles. The lowest BCUT2D eigenvalue weighted by Gasteiger charge is -2.33. The molecule has 2 aromatic rings. The first-order valence-electron chi connectivity index (χ1n) is 9.95. The van der Waals surface area contributed by atoms with E-state index >= 15 is 0 Å².